The minimum absolute atomic E-state index is 0.0784. The van der Waals surface area contributed by atoms with E-state index in [0.717, 1.165) is 0 Å². The molecule has 1 aromatic carbocycles. The second-order valence-electron chi connectivity index (χ2n) is 6.41. The molecule has 0 aliphatic heterocycles. The number of pyridine rings is 2. The molecule has 0 spiro atoms. The van der Waals surface area contributed by atoms with Gasteiger partial charge in [0.2, 0.25) is 0 Å². The summed E-state index contributed by atoms with van der Waals surface area (Å²) < 4.78 is 56.3. The molecule has 2 aromatic heterocycles. The quantitative estimate of drug-likeness (QED) is 0.529. The second kappa shape index (κ2) is 8.50. The van der Waals surface area contributed by atoms with Crippen LogP contribution >= 0.6 is 11.6 Å². The minimum Gasteiger partial charge on any atom is -0.397 e. The van der Waals surface area contributed by atoms with Crippen molar-refractivity contribution in [2.45, 2.75) is 13.3 Å². The lowest BCUT2D eigenvalue weighted by molar-refractivity contribution is 0.589. The number of hydrogen-bond acceptors (Lipinski definition) is 5. The zero-order valence-electron chi connectivity index (χ0n) is 16.0. The van der Waals surface area contributed by atoms with Crippen LogP contribution in [-0.4, -0.2) is 25.4 Å². The SMILES string of the molecule is CNS(=O)(=O)Nc1nccc(Cc2cnc(-c3ccc(Cl)cc3F)c(N)c2C)c1F. The van der Waals surface area contributed by atoms with Crippen LogP contribution in [0.3, 0.4) is 0 Å². The summed E-state index contributed by atoms with van der Waals surface area (Å²) in [6.45, 7) is 1.72. The minimum atomic E-state index is -3.92. The standard InChI is InChI=1S/C19H18ClF2N5O2S/c1-10-12(7-11-5-6-25-19(16(11)22)27-30(28,29)24-2)9-26-18(17(10)23)14-4-3-13(20)8-15(14)21/h3-6,8-9,24H,7,23H2,1-2H3,(H,25,27). The first-order valence-electron chi connectivity index (χ1n) is 8.67. The van der Waals surface area contributed by atoms with Crippen LogP contribution in [0.4, 0.5) is 20.3 Å². The molecule has 0 atom stereocenters. The van der Waals surface area contributed by atoms with E-state index in [1.54, 1.807) is 6.92 Å². The molecule has 0 aliphatic rings. The summed E-state index contributed by atoms with van der Waals surface area (Å²) in [6, 6.07) is 5.61. The first-order valence-corrected chi connectivity index (χ1v) is 10.5. The molecule has 0 unspecified atom stereocenters. The van der Waals surface area contributed by atoms with Crippen molar-refractivity contribution in [2.24, 2.45) is 0 Å². The molecule has 30 heavy (non-hydrogen) atoms. The van der Waals surface area contributed by atoms with Gasteiger partial charge in [-0.1, -0.05) is 11.6 Å². The molecule has 3 rings (SSSR count). The van der Waals surface area contributed by atoms with E-state index in [-0.39, 0.29) is 34.0 Å². The third-order valence-corrected chi connectivity index (χ3v) is 5.76. The molecule has 7 nitrogen and oxygen atoms in total. The molecule has 2 heterocycles. The normalized spacial score (nSPS) is 11.5. The van der Waals surface area contributed by atoms with Crippen molar-refractivity contribution in [3.63, 3.8) is 0 Å². The average Bonchev–Trinajstić information content (AvgIpc) is 2.69. The second-order valence-corrected chi connectivity index (χ2v) is 8.47. The first-order chi connectivity index (χ1) is 14.1. The fourth-order valence-corrected chi connectivity index (χ4v) is 3.47. The average molecular weight is 454 g/mol. The number of nitrogens with one attached hydrogen (secondary N) is 2. The Kier molecular flexibility index (Phi) is 6.20. The van der Waals surface area contributed by atoms with Crippen molar-refractivity contribution in [1.82, 2.24) is 14.7 Å². The molecule has 0 fully saturated rings. The number of nitrogens with two attached hydrogens (primary N) is 1. The van der Waals surface area contributed by atoms with E-state index < -0.39 is 27.7 Å². The van der Waals surface area contributed by atoms with Gasteiger partial charge >= 0.3 is 0 Å². The highest BCUT2D eigenvalue weighted by Gasteiger charge is 2.18. The topological polar surface area (TPSA) is 110 Å². The molecule has 158 valence electrons. The van der Waals surface area contributed by atoms with E-state index in [1.165, 1.54) is 43.7 Å². The number of anilines is 2. The molecule has 0 amide bonds. The number of nitrogens with zero attached hydrogens (tertiary/aromatic N) is 2. The lowest BCUT2D eigenvalue weighted by atomic mass is 9.98. The maximum atomic E-state index is 14.8. The van der Waals surface area contributed by atoms with Crippen LogP contribution in [0, 0.1) is 18.6 Å². The molecular formula is C19H18ClF2N5O2S. The molecule has 4 N–H and O–H groups in total. The highest BCUT2D eigenvalue weighted by molar-refractivity contribution is 7.90. The summed E-state index contributed by atoms with van der Waals surface area (Å²) in [6.07, 6.45) is 2.84. The molecule has 0 saturated heterocycles. The van der Waals surface area contributed by atoms with E-state index in [0.29, 0.717) is 11.1 Å². The maximum absolute atomic E-state index is 14.8. The summed E-state index contributed by atoms with van der Waals surface area (Å²) in [5, 5.41) is 0.251. The van der Waals surface area contributed by atoms with Crippen LogP contribution in [0.5, 0.6) is 0 Å². The van der Waals surface area contributed by atoms with Gasteiger partial charge in [0.25, 0.3) is 10.2 Å². The molecular weight excluding hydrogens is 436 g/mol. The largest absolute Gasteiger partial charge is 0.397 e. The number of aromatic nitrogens is 2. The van der Waals surface area contributed by atoms with Crippen LogP contribution < -0.4 is 15.2 Å². The highest BCUT2D eigenvalue weighted by Crippen LogP contribution is 2.32. The Morgan fingerprint density at radius 3 is 2.57 bits per heavy atom. The predicted octanol–water partition coefficient (Wildman–Crippen LogP) is 3.43. The number of benzene rings is 1. The van der Waals surface area contributed by atoms with Gasteiger partial charge in [-0.05, 0) is 47.9 Å². The zero-order valence-corrected chi connectivity index (χ0v) is 17.6. The van der Waals surface area contributed by atoms with Gasteiger partial charge in [-0.15, -0.1) is 0 Å². The van der Waals surface area contributed by atoms with E-state index >= 15 is 0 Å². The number of nitrogen functional groups attached to an aromatic ring is 1. The van der Waals surface area contributed by atoms with Crippen LogP contribution in [0.15, 0.2) is 36.7 Å². The van der Waals surface area contributed by atoms with Crippen molar-refractivity contribution >= 4 is 33.3 Å². The van der Waals surface area contributed by atoms with Crippen LogP contribution in [0.2, 0.25) is 5.02 Å². The Morgan fingerprint density at radius 2 is 1.90 bits per heavy atom. The molecule has 11 heteroatoms. The Morgan fingerprint density at radius 1 is 1.17 bits per heavy atom. The molecule has 0 saturated carbocycles. The predicted molar refractivity (Wildman–Crippen MR) is 112 cm³/mol. The van der Waals surface area contributed by atoms with Crippen LogP contribution in [0.1, 0.15) is 16.7 Å². The lowest BCUT2D eigenvalue weighted by Gasteiger charge is -2.14. The van der Waals surface area contributed by atoms with Gasteiger partial charge in [-0.25, -0.2) is 18.5 Å². The van der Waals surface area contributed by atoms with Crippen molar-refractivity contribution in [2.75, 3.05) is 17.5 Å². The summed E-state index contributed by atoms with van der Waals surface area (Å²) >= 11 is 5.79. The van der Waals surface area contributed by atoms with Crippen LogP contribution in [0.25, 0.3) is 11.3 Å². The molecule has 3 aromatic rings. The Labute approximate surface area is 177 Å². The Balaban J connectivity index is 1.96. The fraction of sp³-hybridized carbons (Fsp3) is 0.158. The monoisotopic (exact) mass is 453 g/mol. The van der Waals surface area contributed by atoms with E-state index in [2.05, 4.69) is 9.97 Å². The molecule has 0 aliphatic carbocycles. The van der Waals surface area contributed by atoms with Gasteiger partial charge in [0.1, 0.15) is 5.82 Å². The lowest BCUT2D eigenvalue weighted by Crippen LogP contribution is -2.27. The van der Waals surface area contributed by atoms with E-state index in [1.807, 2.05) is 9.44 Å². The molecule has 0 radical (unpaired) electrons. The van der Waals surface area contributed by atoms with Crippen molar-refractivity contribution < 1.29 is 17.2 Å². The maximum Gasteiger partial charge on any atom is 0.300 e. The van der Waals surface area contributed by atoms with Crippen LogP contribution in [-0.2, 0) is 16.6 Å². The Hall–Kier alpha value is -2.82. The number of rotatable bonds is 6. The number of halogens is 3. The van der Waals surface area contributed by atoms with E-state index in [4.69, 9.17) is 17.3 Å². The van der Waals surface area contributed by atoms with Gasteiger partial charge in [0.05, 0.1) is 11.4 Å². The van der Waals surface area contributed by atoms with Gasteiger partial charge < -0.3 is 5.73 Å². The smallest absolute Gasteiger partial charge is 0.300 e. The van der Waals surface area contributed by atoms with Crippen molar-refractivity contribution in [3.8, 4) is 11.3 Å². The first kappa shape index (κ1) is 21.9. The van der Waals surface area contributed by atoms with Crippen molar-refractivity contribution in [3.05, 3.63) is 70.0 Å². The fourth-order valence-electron chi connectivity index (χ4n) is 2.81. The summed E-state index contributed by atoms with van der Waals surface area (Å²) in [5.41, 5.74) is 8.26. The Bertz CT molecular complexity index is 1220. The highest BCUT2D eigenvalue weighted by atomic mass is 35.5. The number of hydrogen-bond donors (Lipinski definition) is 3. The summed E-state index contributed by atoms with van der Waals surface area (Å²) in [7, 11) is -2.74. The summed E-state index contributed by atoms with van der Waals surface area (Å²) in [5.74, 6) is -1.81. The molecule has 0 bridgehead atoms. The van der Waals surface area contributed by atoms with Gasteiger partial charge in [-0.2, -0.15) is 8.42 Å². The third kappa shape index (κ3) is 4.50. The van der Waals surface area contributed by atoms with Gasteiger partial charge in [0, 0.05) is 36.4 Å². The zero-order chi connectivity index (χ0) is 22.1. The van der Waals surface area contributed by atoms with E-state index in [9.17, 15) is 17.2 Å². The third-order valence-electron chi connectivity index (χ3n) is 4.53. The van der Waals surface area contributed by atoms with Gasteiger partial charge in [-0.3, -0.25) is 9.71 Å². The van der Waals surface area contributed by atoms with Gasteiger partial charge in [0.15, 0.2) is 11.6 Å². The summed E-state index contributed by atoms with van der Waals surface area (Å²) in [4.78, 5) is 7.98. The van der Waals surface area contributed by atoms with Crippen molar-refractivity contribution in [1.29, 1.82) is 0 Å².